The maximum Gasteiger partial charge on any atom is 0.238 e. The third-order valence-corrected chi connectivity index (χ3v) is 3.36. The molecule has 0 atom stereocenters. The Labute approximate surface area is 88.0 Å². The fourth-order valence-electron chi connectivity index (χ4n) is 1.19. The minimum Gasteiger partial charge on any atom is -0.330 e. The van der Waals surface area contributed by atoms with E-state index in [0.29, 0.717) is 5.75 Å². The molecule has 5 heteroatoms. The highest BCUT2D eigenvalue weighted by molar-refractivity contribution is 8.23. The number of nitrogens with zero attached hydrogens (tertiary/aromatic N) is 1. The van der Waals surface area contributed by atoms with Crippen molar-refractivity contribution in [1.82, 2.24) is 4.90 Å². The van der Waals surface area contributed by atoms with Crippen LogP contribution in [0.4, 0.5) is 0 Å². The first-order chi connectivity index (χ1) is 6.25. The van der Waals surface area contributed by atoms with E-state index < -0.39 is 0 Å². The van der Waals surface area contributed by atoms with E-state index in [1.54, 1.807) is 4.90 Å². The number of hydrogen-bond acceptors (Lipinski definition) is 4. The van der Waals surface area contributed by atoms with E-state index in [1.807, 2.05) is 0 Å². The minimum atomic E-state index is 0.155. The molecule has 2 N–H and O–H groups in total. The summed E-state index contributed by atoms with van der Waals surface area (Å²) in [4.78, 5) is 12.9. The molecule has 0 saturated carbocycles. The molecule has 0 aromatic heterocycles. The maximum atomic E-state index is 11.2. The second-order valence-corrected chi connectivity index (χ2v) is 4.56. The van der Waals surface area contributed by atoms with Crippen LogP contribution in [-0.2, 0) is 4.79 Å². The van der Waals surface area contributed by atoms with Gasteiger partial charge in [-0.25, -0.2) is 0 Å². The van der Waals surface area contributed by atoms with Crippen molar-refractivity contribution >= 4 is 34.2 Å². The van der Waals surface area contributed by atoms with E-state index in [9.17, 15) is 4.79 Å². The Morgan fingerprint density at radius 1 is 1.46 bits per heavy atom. The van der Waals surface area contributed by atoms with Gasteiger partial charge in [-0.05, 0) is 19.4 Å². The van der Waals surface area contributed by atoms with Gasteiger partial charge in [0.05, 0.1) is 5.75 Å². The number of amides is 1. The molecule has 1 saturated heterocycles. The van der Waals surface area contributed by atoms with Crippen molar-refractivity contribution in [3.63, 3.8) is 0 Å². The fourth-order valence-corrected chi connectivity index (χ4v) is 2.31. The van der Waals surface area contributed by atoms with Crippen LogP contribution in [0.3, 0.4) is 0 Å². The van der Waals surface area contributed by atoms with Gasteiger partial charge in [-0.3, -0.25) is 9.69 Å². The molecule has 1 aliphatic heterocycles. The molecule has 0 radical (unpaired) electrons. The first kappa shape index (κ1) is 10.9. The van der Waals surface area contributed by atoms with Gasteiger partial charge in [0.1, 0.15) is 4.32 Å². The Bertz CT molecular complexity index is 192. The Morgan fingerprint density at radius 3 is 2.77 bits per heavy atom. The molecule has 0 aromatic carbocycles. The SMILES string of the molecule is NCCCCCN1C(=O)CSC1=S. The first-order valence-corrected chi connectivity index (χ1v) is 5.82. The molecule has 13 heavy (non-hydrogen) atoms. The lowest BCUT2D eigenvalue weighted by atomic mass is 10.2. The number of carbonyl (C=O) groups excluding carboxylic acids is 1. The monoisotopic (exact) mass is 218 g/mol. The molecule has 1 fully saturated rings. The van der Waals surface area contributed by atoms with Crippen molar-refractivity contribution in [1.29, 1.82) is 0 Å². The van der Waals surface area contributed by atoms with Gasteiger partial charge in [0.2, 0.25) is 5.91 Å². The van der Waals surface area contributed by atoms with Crippen molar-refractivity contribution in [3.05, 3.63) is 0 Å². The summed E-state index contributed by atoms with van der Waals surface area (Å²) in [6.07, 6.45) is 3.11. The number of rotatable bonds is 5. The van der Waals surface area contributed by atoms with Crippen LogP contribution < -0.4 is 5.73 Å². The number of hydrogen-bond donors (Lipinski definition) is 1. The highest BCUT2D eigenvalue weighted by atomic mass is 32.2. The molecule has 0 aromatic rings. The van der Waals surface area contributed by atoms with E-state index >= 15 is 0 Å². The summed E-state index contributed by atoms with van der Waals surface area (Å²) in [7, 11) is 0. The van der Waals surface area contributed by atoms with E-state index in [0.717, 1.165) is 36.7 Å². The van der Waals surface area contributed by atoms with Gasteiger partial charge < -0.3 is 5.73 Å². The summed E-state index contributed by atoms with van der Waals surface area (Å²) in [6.45, 7) is 1.50. The lowest BCUT2D eigenvalue weighted by Crippen LogP contribution is -2.29. The molecule has 0 spiro atoms. The smallest absolute Gasteiger partial charge is 0.238 e. The Morgan fingerprint density at radius 2 is 2.23 bits per heavy atom. The van der Waals surface area contributed by atoms with Gasteiger partial charge in [-0.2, -0.15) is 0 Å². The van der Waals surface area contributed by atoms with Crippen molar-refractivity contribution in [3.8, 4) is 0 Å². The maximum absolute atomic E-state index is 11.2. The molecule has 1 aliphatic rings. The van der Waals surface area contributed by atoms with Gasteiger partial charge in [-0.15, -0.1) is 0 Å². The Balaban J connectivity index is 2.20. The van der Waals surface area contributed by atoms with Crippen molar-refractivity contribution < 1.29 is 4.79 Å². The van der Waals surface area contributed by atoms with E-state index in [4.69, 9.17) is 18.0 Å². The predicted molar refractivity (Wildman–Crippen MR) is 59.7 cm³/mol. The number of thioether (sulfide) groups is 1. The molecule has 0 aliphatic carbocycles. The molecule has 0 unspecified atom stereocenters. The van der Waals surface area contributed by atoms with E-state index in [1.165, 1.54) is 11.8 Å². The number of unbranched alkanes of at least 4 members (excludes halogenated alkanes) is 2. The second kappa shape index (κ2) is 5.57. The van der Waals surface area contributed by atoms with Crippen LogP contribution >= 0.6 is 24.0 Å². The summed E-state index contributed by atoms with van der Waals surface area (Å²) in [5.74, 6) is 0.679. The van der Waals surface area contributed by atoms with Gasteiger partial charge >= 0.3 is 0 Å². The second-order valence-electron chi connectivity index (χ2n) is 2.95. The summed E-state index contributed by atoms with van der Waals surface area (Å²) in [5.41, 5.74) is 5.37. The van der Waals surface area contributed by atoms with Gasteiger partial charge in [0, 0.05) is 6.54 Å². The third-order valence-electron chi connectivity index (χ3n) is 1.93. The quantitative estimate of drug-likeness (QED) is 0.552. The predicted octanol–water partition coefficient (Wildman–Crippen LogP) is 0.976. The molecular formula is C8H14N2OS2. The zero-order chi connectivity index (χ0) is 9.68. The lowest BCUT2D eigenvalue weighted by molar-refractivity contribution is -0.124. The highest BCUT2D eigenvalue weighted by Crippen LogP contribution is 2.19. The average molecular weight is 218 g/mol. The highest BCUT2D eigenvalue weighted by Gasteiger charge is 2.25. The zero-order valence-corrected chi connectivity index (χ0v) is 9.12. The van der Waals surface area contributed by atoms with Crippen LogP contribution in [0.15, 0.2) is 0 Å². The fraction of sp³-hybridized carbons (Fsp3) is 0.750. The van der Waals surface area contributed by atoms with Crippen LogP contribution in [0.1, 0.15) is 19.3 Å². The van der Waals surface area contributed by atoms with Crippen LogP contribution in [0.25, 0.3) is 0 Å². The lowest BCUT2D eigenvalue weighted by Gasteiger charge is -2.13. The van der Waals surface area contributed by atoms with Gasteiger partial charge in [0.25, 0.3) is 0 Å². The van der Waals surface area contributed by atoms with Gasteiger partial charge in [-0.1, -0.05) is 30.4 Å². The van der Waals surface area contributed by atoms with E-state index in [-0.39, 0.29) is 5.91 Å². The summed E-state index contributed by atoms with van der Waals surface area (Å²) >= 11 is 6.50. The third kappa shape index (κ3) is 3.25. The summed E-state index contributed by atoms with van der Waals surface area (Å²) in [5, 5.41) is 0. The molecule has 0 bridgehead atoms. The van der Waals surface area contributed by atoms with Crippen LogP contribution in [0.2, 0.25) is 0 Å². The largest absolute Gasteiger partial charge is 0.330 e. The number of thiocarbonyl (C=S) groups is 1. The molecule has 74 valence electrons. The van der Waals surface area contributed by atoms with Crippen molar-refractivity contribution in [2.75, 3.05) is 18.8 Å². The van der Waals surface area contributed by atoms with E-state index in [2.05, 4.69) is 0 Å². The zero-order valence-electron chi connectivity index (χ0n) is 7.49. The Hall–Kier alpha value is -0.130. The van der Waals surface area contributed by atoms with Crippen LogP contribution in [-0.4, -0.2) is 34.0 Å². The van der Waals surface area contributed by atoms with Crippen molar-refractivity contribution in [2.24, 2.45) is 5.73 Å². The molecule has 1 amide bonds. The summed E-state index contributed by atoms with van der Waals surface area (Å²) < 4.78 is 0.734. The topological polar surface area (TPSA) is 46.3 Å². The molecule has 1 rings (SSSR count). The summed E-state index contributed by atoms with van der Waals surface area (Å²) in [6, 6.07) is 0. The molecular weight excluding hydrogens is 204 g/mol. The van der Waals surface area contributed by atoms with Crippen LogP contribution in [0.5, 0.6) is 0 Å². The van der Waals surface area contributed by atoms with Gasteiger partial charge in [0.15, 0.2) is 0 Å². The average Bonchev–Trinajstić information content (AvgIpc) is 2.42. The number of nitrogens with two attached hydrogens (primary N) is 1. The number of carbonyl (C=O) groups is 1. The first-order valence-electron chi connectivity index (χ1n) is 4.43. The normalized spacial score (nSPS) is 17.2. The molecule has 1 heterocycles. The van der Waals surface area contributed by atoms with Crippen LogP contribution in [0, 0.1) is 0 Å². The molecule has 3 nitrogen and oxygen atoms in total. The van der Waals surface area contributed by atoms with Crippen molar-refractivity contribution in [2.45, 2.75) is 19.3 Å². The minimum absolute atomic E-state index is 0.155. The Kier molecular flexibility index (Phi) is 4.69. The standard InChI is InChI=1S/C8H14N2OS2/c9-4-2-1-3-5-10-7(11)6-13-8(10)12/h1-6,9H2.